The maximum Gasteiger partial charge on any atom is 0.414 e. The van der Waals surface area contributed by atoms with Crippen LogP contribution in [0.5, 0.6) is 0 Å². The van der Waals surface area contributed by atoms with Gasteiger partial charge in [-0.25, -0.2) is 34.1 Å². The lowest BCUT2D eigenvalue weighted by atomic mass is 9.95. The Morgan fingerprint density at radius 3 is 1.41 bits per heavy atom. The molecule has 9 rings (SSSR count). The highest BCUT2D eigenvalue weighted by Gasteiger charge is 2.31. The standard InChI is InChI=1S/C75H88N8O8.2ClH/c1-47-31-25-27-35-52(47)54-43-58-59(44-57(54)80-69(85)89-73(8,9)10)78-67-55(76-58)37-38-62(66(67)53-36-28-26-32-48(53)2)81(70(86)90-74(11,12)13)39-29-20-18-17-19-21-30-40-82(71(87)91-75(14,15)16)63-46-65-61(42-50(63)4)77-60-41-49(3)56(79-68(84)88-72(5,6)7)45-64(60)83(65)51-33-23-22-24-34-51;;/h22-28,31-38,41-46H,17-21,29-30,39-40H2,1-16H3,(H,78,80,85);2*1H. The minimum absolute atomic E-state index is 0. The molecule has 0 unspecified atom stereocenters. The molecule has 0 aliphatic rings. The van der Waals surface area contributed by atoms with Crippen molar-refractivity contribution in [1.29, 1.82) is 0 Å². The number of rotatable bonds is 17. The number of unbranched alkanes of at least 4 members (excludes halogenated alkanes) is 6. The number of fused-ring (bicyclic) bond motifs is 4. The van der Waals surface area contributed by atoms with Crippen molar-refractivity contribution < 1.29 is 55.1 Å². The second-order valence-electron chi connectivity index (χ2n) is 27.6. The first kappa shape index (κ1) is 71.8. The van der Waals surface area contributed by atoms with Crippen LogP contribution in [0.15, 0.2) is 127 Å². The van der Waals surface area contributed by atoms with E-state index in [1.807, 2.05) is 238 Å². The Morgan fingerprint density at radius 1 is 0.419 bits per heavy atom. The zero-order valence-electron chi connectivity index (χ0n) is 56.7. The van der Waals surface area contributed by atoms with E-state index < -0.39 is 46.8 Å². The molecule has 93 heavy (non-hydrogen) atoms. The number of nitrogens with one attached hydrogen (secondary N) is 2. The maximum absolute atomic E-state index is 14.6. The molecule has 18 heteroatoms. The molecule has 9 aromatic rings. The van der Waals surface area contributed by atoms with Gasteiger partial charge in [0, 0.05) is 48.5 Å². The van der Waals surface area contributed by atoms with Crippen LogP contribution in [0.3, 0.4) is 0 Å². The minimum Gasteiger partial charge on any atom is -1.00 e. The summed E-state index contributed by atoms with van der Waals surface area (Å²) >= 11 is 0. The van der Waals surface area contributed by atoms with Crippen LogP contribution in [-0.4, -0.2) is 74.8 Å². The Labute approximate surface area is 560 Å². The molecule has 0 radical (unpaired) electrons. The van der Waals surface area contributed by atoms with Crippen molar-refractivity contribution >= 4 is 104 Å². The van der Waals surface area contributed by atoms with Gasteiger partial charge in [-0.1, -0.05) is 98.8 Å². The van der Waals surface area contributed by atoms with Crippen molar-refractivity contribution in [3.8, 4) is 27.9 Å². The summed E-state index contributed by atoms with van der Waals surface area (Å²) < 4.78 is 25.8. The molecule has 0 atom stereocenters. The van der Waals surface area contributed by atoms with E-state index in [1.54, 1.807) is 9.80 Å². The van der Waals surface area contributed by atoms with Crippen molar-refractivity contribution in [2.45, 2.75) is 178 Å². The topological polar surface area (TPSA) is 178 Å². The first-order chi connectivity index (χ1) is 42.9. The van der Waals surface area contributed by atoms with Gasteiger partial charge >= 0.3 is 24.4 Å². The molecule has 7 aromatic carbocycles. The van der Waals surface area contributed by atoms with Crippen molar-refractivity contribution in [3.05, 3.63) is 150 Å². The number of carbonyl (C=O) groups excluding carboxylic acids is 4. The summed E-state index contributed by atoms with van der Waals surface area (Å²) in [4.78, 5) is 74.7. The van der Waals surface area contributed by atoms with E-state index in [4.69, 9.17) is 33.9 Å². The molecule has 0 aliphatic heterocycles. The fourth-order valence-electron chi connectivity index (χ4n) is 11.3. The summed E-state index contributed by atoms with van der Waals surface area (Å²) in [7, 11) is 0. The number of benzene rings is 7. The Balaban J connectivity index is 0.00000613. The minimum atomic E-state index is -0.771. The summed E-state index contributed by atoms with van der Waals surface area (Å²) in [5.74, 6) is 0. The van der Waals surface area contributed by atoms with Gasteiger partial charge in [0.15, 0.2) is 0 Å². The summed E-state index contributed by atoms with van der Waals surface area (Å²) in [6.45, 7) is 31.1. The molecule has 0 aliphatic carbocycles. The smallest absolute Gasteiger partial charge is 0.414 e. The molecular formula is C75H90Cl2N8O8. The predicted octanol–water partition coefficient (Wildman–Crippen LogP) is 16.4. The Morgan fingerprint density at radius 2 is 0.871 bits per heavy atom. The van der Waals surface area contributed by atoms with Gasteiger partial charge in [-0.3, -0.25) is 20.4 Å². The van der Waals surface area contributed by atoms with Crippen LogP contribution in [0.1, 0.15) is 150 Å². The van der Waals surface area contributed by atoms with Gasteiger partial charge in [0.1, 0.15) is 33.4 Å². The predicted molar refractivity (Wildman–Crippen MR) is 374 cm³/mol. The zero-order chi connectivity index (χ0) is 65.7. The second-order valence-corrected chi connectivity index (χ2v) is 27.6. The van der Waals surface area contributed by atoms with Crippen molar-refractivity contribution in [1.82, 2.24) is 15.0 Å². The molecule has 2 heterocycles. The van der Waals surface area contributed by atoms with Crippen molar-refractivity contribution in [2.24, 2.45) is 0 Å². The normalized spacial score (nSPS) is 11.8. The van der Waals surface area contributed by atoms with Crippen LogP contribution >= 0.6 is 12.4 Å². The first-order valence-corrected chi connectivity index (χ1v) is 31.7. The number of anilines is 4. The number of carbonyl (C=O) groups is 4. The quantitative estimate of drug-likeness (QED) is 0.0384. The van der Waals surface area contributed by atoms with Crippen LogP contribution in [0, 0.1) is 27.7 Å². The number of aryl methyl sites for hydroxylation is 4. The summed E-state index contributed by atoms with van der Waals surface area (Å²) in [6, 6.07) is 41.7. The molecule has 2 aromatic heterocycles. The van der Waals surface area contributed by atoms with Crippen LogP contribution in [0.25, 0.3) is 72.1 Å². The van der Waals surface area contributed by atoms with Gasteiger partial charge in [-0.05, 0) is 193 Å². The highest BCUT2D eigenvalue weighted by Crippen LogP contribution is 2.42. The van der Waals surface area contributed by atoms with E-state index in [9.17, 15) is 19.2 Å². The van der Waals surface area contributed by atoms with Crippen LogP contribution in [0.4, 0.5) is 41.9 Å². The molecule has 16 nitrogen and oxygen atoms in total. The van der Waals surface area contributed by atoms with Crippen LogP contribution in [0.2, 0.25) is 0 Å². The lowest BCUT2D eigenvalue weighted by Crippen LogP contribution is -3.00. The SMILES string of the molecule is Cc1cc2nc3cc(C)c(N(CCCCCCCCCN(C(=O)OC(C)(C)C)c4ccc5nc6cc(-c7ccccc7C)c(NC(=O)OC(C)(C)C)cc6nc5c4-c4ccccc4C)C(=O)OC(C)(C)C)cc3[n+](-c3ccccc3)c2cc1NC(=O)OC(C)(C)C.Cl.[Cl-]. The molecule has 0 saturated carbocycles. The number of para-hydroxylation sites is 1. The summed E-state index contributed by atoms with van der Waals surface area (Å²) in [5.41, 5.74) is 13.0. The average Bonchev–Trinajstić information content (AvgIpc) is 0.753. The third-order valence-electron chi connectivity index (χ3n) is 15.3. The molecule has 2 N–H and O–H groups in total. The number of amides is 4. The zero-order valence-corrected chi connectivity index (χ0v) is 58.3. The fourth-order valence-corrected chi connectivity index (χ4v) is 11.3. The van der Waals surface area contributed by atoms with Gasteiger partial charge in [0.25, 0.3) is 0 Å². The summed E-state index contributed by atoms with van der Waals surface area (Å²) in [6.07, 6.45) is 3.95. The lowest BCUT2D eigenvalue weighted by molar-refractivity contribution is -0.538. The van der Waals surface area contributed by atoms with E-state index in [0.717, 1.165) is 111 Å². The number of hydrogen-bond acceptors (Lipinski definition) is 11. The molecular weight excluding hydrogens is 1210 g/mol. The molecule has 0 bridgehead atoms. The number of halogens is 2. The van der Waals surface area contributed by atoms with E-state index in [2.05, 4.69) is 15.2 Å². The molecule has 492 valence electrons. The van der Waals surface area contributed by atoms with E-state index in [0.29, 0.717) is 64.3 Å². The first-order valence-electron chi connectivity index (χ1n) is 31.7. The monoisotopic (exact) mass is 1300 g/mol. The van der Waals surface area contributed by atoms with Crippen LogP contribution < -0.4 is 37.4 Å². The molecule has 0 spiro atoms. The van der Waals surface area contributed by atoms with Gasteiger partial charge in [0.05, 0.1) is 44.8 Å². The van der Waals surface area contributed by atoms with Gasteiger partial charge in [-0.15, -0.1) is 17.0 Å². The van der Waals surface area contributed by atoms with Crippen LogP contribution in [-0.2, 0) is 18.9 Å². The molecule has 4 amide bonds. The average molecular weight is 1300 g/mol. The fraction of sp³-hybridized carbons (Fsp3) is 0.387. The van der Waals surface area contributed by atoms with Crippen molar-refractivity contribution in [2.75, 3.05) is 33.5 Å². The summed E-state index contributed by atoms with van der Waals surface area (Å²) in [5, 5.41) is 5.98. The molecule has 0 fully saturated rings. The van der Waals surface area contributed by atoms with E-state index in [-0.39, 0.29) is 24.8 Å². The maximum atomic E-state index is 14.6. The Hall–Kier alpha value is -8.60. The van der Waals surface area contributed by atoms with E-state index in [1.165, 1.54) is 0 Å². The third kappa shape index (κ3) is 18.2. The second kappa shape index (κ2) is 29.6. The van der Waals surface area contributed by atoms with Crippen molar-refractivity contribution in [3.63, 3.8) is 0 Å². The third-order valence-corrected chi connectivity index (χ3v) is 15.3. The number of aromatic nitrogens is 4. The lowest BCUT2D eigenvalue weighted by Gasteiger charge is -2.29. The Bertz CT molecular complexity index is 4210. The largest absolute Gasteiger partial charge is 1.00 e. The highest BCUT2D eigenvalue weighted by atomic mass is 35.5. The van der Waals surface area contributed by atoms with E-state index >= 15 is 0 Å². The number of hydrogen-bond donors (Lipinski definition) is 2. The highest BCUT2D eigenvalue weighted by molar-refractivity contribution is 6.07. The number of nitrogens with zero attached hydrogens (tertiary/aromatic N) is 6. The van der Waals surface area contributed by atoms with Gasteiger partial charge in [-0.2, -0.15) is 0 Å². The van der Waals surface area contributed by atoms with Gasteiger partial charge in [0.2, 0.25) is 16.7 Å². The molecule has 0 saturated heterocycles. The van der Waals surface area contributed by atoms with Gasteiger partial charge < -0.3 is 31.4 Å². The number of ether oxygens (including phenoxy) is 4. The Kier molecular flexibility index (Phi) is 22.8.